The van der Waals surface area contributed by atoms with Gasteiger partial charge in [-0.1, -0.05) is 39.8 Å². The minimum Gasteiger partial charge on any atom is -0.296 e. The summed E-state index contributed by atoms with van der Waals surface area (Å²) in [6.45, 7) is 14.3. The maximum Gasteiger partial charge on any atom is 0.329 e. The molecule has 0 aromatic heterocycles. The molecule has 0 bridgehead atoms. The summed E-state index contributed by atoms with van der Waals surface area (Å²) < 4.78 is 0. The molecule has 1 rings (SSSR count). The number of carbonyl (C=O) groups is 2. The van der Waals surface area contributed by atoms with Gasteiger partial charge in [0.15, 0.2) is 0 Å². The number of allylic oxidation sites excluding steroid dienone is 1. The number of carbonyl (C=O) groups excluding carboxylic acids is 2. The van der Waals surface area contributed by atoms with Crippen LogP contribution in [-0.2, 0) is 4.79 Å². The van der Waals surface area contributed by atoms with Gasteiger partial charge in [-0.25, -0.2) is 9.69 Å². The summed E-state index contributed by atoms with van der Waals surface area (Å²) in [6, 6.07) is -0.666. The molecule has 6 heteroatoms. The highest BCUT2D eigenvalue weighted by molar-refractivity contribution is 6.05. The van der Waals surface area contributed by atoms with Crippen molar-refractivity contribution in [1.29, 1.82) is 0 Å². The first-order chi connectivity index (χ1) is 10.5. The molecule has 0 aromatic rings. The van der Waals surface area contributed by atoms with Gasteiger partial charge in [0.25, 0.3) is 5.91 Å². The van der Waals surface area contributed by atoms with E-state index in [2.05, 4.69) is 23.6 Å². The maximum absolute atomic E-state index is 12.7. The van der Waals surface area contributed by atoms with Crippen molar-refractivity contribution in [3.8, 4) is 0 Å². The molecule has 126 valence electrons. The molecule has 0 saturated carbocycles. The van der Waals surface area contributed by atoms with Crippen molar-refractivity contribution >= 4 is 11.9 Å². The molecule has 0 aromatic carbocycles. The van der Waals surface area contributed by atoms with Crippen LogP contribution in [0.5, 0.6) is 0 Å². The normalized spacial score (nSPS) is 19.5. The number of urea groups is 1. The zero-order chi connectivity index (χ0) is 16.7. The number of amides is 3. The van der Waals surface area contributed by atoms with Crippen LogP contribution < -0.4 is 0 Å². The van der Waals surface area contributed by atoms with Gasteiger partial charge in [0.1, 0.15) is 6.04 Å². The summed E-state index contributed by atoms with van der Waals surface area (Å²) in [6.07, 6.45) is 3.65. The fourth-order valence-corrected chi connectivity index (χ4v) is 2.57. The Bertz CT molecular complexity index is 403. The van der Waals surface area contributed by atoms with Gasteiger partial charge in [-0.05, 0) is 33.1 Å². The summed E-state index contributed by atoms with van der Waals surface area (Å²) in [7, 11) is 0. The molecule has 0 radical (unpaired) electrons. The molecule has 0 aliphatic carbocycles. The minimum atomic E-state index is -0.478. The molecule has 1 unspecified atom stereocenters. The molecule has 1 fully saturated rings. The second-order valence-electron chi connectivity index (χ2n) is 5.38. The van der Waals surface area contributed by atoms with E-state index in [0.717, 1.165) is 26.2 Å². The molecule has 1 aliphatic rings. The lowest BCUT2D eigenvalue weighted by Gasteiger charge is -2.28. The van der Waals surface area contributed by atoms with Crippen molar-refractivity contribution in [1.82, 2.24) is 19.6 Å². The highest BCUT2D eigenvalue weighted by Crippen LogP contribution is 2.20. The zero-order valence-electron chi connectivity index (χ0n) is 14.6. The zero-order valence-corrected chi connectivity index (χ0v) is 14.6. The van der Waals surface area contributed by atoms with Gasteiger partial charge in [0.2, 0.25) is 0 Å². The third kappa shape index (κ3) is 4.08. The van der Waals surface area contributed by atoms with Gasteiger partial charge < -0.3 is 0 Å². The van der Waals surface area contributed by atoms with E-state index in [1.165, 1.54) is 4.90 Å². The smallest absolute Gasteiger partial charge is 0.296 e. The Morgan fingerprint density at radius 2 is 1.45 bits per heavy atom. The average Bonchev–Trinajstić information content (AvgIpc) is 2.74. The average molecular weight is 310 g/mol. The van der Waals surface area contributed by atoms with Crippen molar-refractivity contribution < 1.29 is 9.59 Å². The first-order valence-corrected chi connectivity index (χ1v) is 8.23. The van der Waals surface area contributed by atoms with Crippen LogP contribution in [0.3, 0.4) is 0 Å². The van der Waals surface area contributed by atoms with E-state index < -0.39 is 6.04 Å². The van der Waals surface area contributed by atoms with Crippen LogP contribution in [0, 0.1) is 0 Å². The second-order valence-corrected chi connectivity index (χ2v) is 5.38. The Balaban J connectivity index is 2.95. The summed E-state index contributed by atoms with van der Waals surface area (Å²) in [5.41, 5.74) is 0. The predicted octanol–water partition coefficient (Wildman–Crippen LogP) is 1.79. The van der Waals surface area contributed by atoms with Crippen LogP contribution in [0.2, 0.25) is 0 Å². The Morgan fingerprint density at radius 3 is 1.91 bits per heavy atom. The van der Waals surface area contributed by atoms with Gasteiger partial charge in [-0.2, -0.15) is 0 Å². The van der Waals surface area contributed by atoms with Gasteiger partial charge in [0.05, 0.1) is 13.3 Å². The summed E-state index contributed by atoms with van der Waals surface area (Å²) >= 11 is 0. The van der Waals surface area contributed by atoms with E-state index in [9.17, 15) is 9.59 Å². The minimum absolute atomic E-state index is 0.123. The molecule has 1 heterocycles. The molecule has 0 N–H and O–H groups in total. The molecule has 6 nitrogen and oxygen atoms in total. The standard InChI is InChI=1S/C16H30N4O2/c1-6-11-14-15(21)20(13-18(9-4)10-5)16(22)19(14)12-17(7-2)8-3/h6,11,14H,7-10,12-13H2,1-5H3. The number of rotatable bonds is 9. The van der Waals surface area contributed by atoms with Crippen LogP contribution in [0.4, 0.5) is 4.79 Å². The Morgan fingerprint density at radius 1 is 0.955 bits per heavy atom. The van der Waals surface area contributed by atoms with Crippen LogP contribution in [-0.4, -0.2) is 77.1 Å². The molecular formula is C16H30N4O2. The van der Waals surface area contributed by atoms with Crippen molar-refractivity contribution in [2.45, 2.75) is 40.7 Å². The van der Waals surface area contributed by atoms with E-state index in [1.54, 1.807) is 4.90 Å². The van der Waals surface area contributed by atoms with Gasteiger partial charge >= 0.3 is 6.03 Å². The van der Waals surface area contributed by atoms with Gasteiger partial charge in [-0.3, -0.25) is 19.5 Å². The second kappa shape index (κ2) is 8.90. The fourth-order valence-electron chi connectivity index (χ4n) is 2.57. The SMILES string of the molecule is CC=CC1C(=O)N(CN(CC)CC)C(=O)N1CN(CC)CC. The van der Waals surface area contributed by atoms with Crippen molar-refractivity contribution in [3.05, 3.63) is 12.2 Å². The fraction of sp³-hybridized carbons (Fsp3) is 0.750. The molecule has 1 atom stereocenters. The Kier molecular flexibility index (Phi) is 7.55. The summed E-state index contributed by atoms with van der Waals surface area (Å²) in [5, 5.41) is 0. The lowest BCUT2D eigenvalue weighted by atomic mass is 10.2. The van der Waals surface area contributed by atoms with E-state index in [0.29, 0.717) is 13.3 Å². The van der Waals surface area contributed by atoms with Crippen LogP contribution in [0.1, 0.15) is 34.6 Å². The monoisotopic (exact) mass is 310 g/mol. The molecule has 1 aliphatic heterocycles. The quantitative estimate of drug-likeness (QED) is 0.481. The highest BCUT2D eigenvalue weighted by Gasteiger charge is 2.44. The number of hydrogen-bond donors (Lipinski definition) is 0. The number of hydrogen-bond acceptors (Lipinski definition) is 4. The molecular weight excluding hydrogens is 280 g/mol. The predicted molar refractivity (Wildman–Crippen MR) is 88.3 cm³/mol. The van der Waals surface area contributed by atoms with Crippen molar-refractivity contribution in [2.75, 3.05) is 39.5 Å². The lowest BCUT2D eigenvalue weighted by Crippen LogP contribution is -2.44. The highest BCUT2D eigenvalue weighted by atomic mass is 16.2. The van der Waals surface area contributed by atoms with Gasteiger partial charge in [0, 0.05) is 0 Å². The first-order valence-electron chi connectivity index (χ1n) is 8.23. The van der Waals surface area contributed by atoms with E-state index in [-0.39, 0.29) is 11.9 Å². The number of imide groups is 1. The number of nitrogens with zero attached hydrogens (tertiary/aromatic N) is 4. The van der Waals surface area contributed by atoms with Crippen LogP contribution in [0.15, 0.2) is 12.2 Å². The van der Waals surface area contributed by atoms with E-state index in [4.69, 9.17) is 0 Å². The third-order valence-electron chi connectivity index (χ3n) is 4.19. The molecule has 1 saturated heterocycles. The van der Waals surface area contributed by atoms with E-state index >= 15 is 0 Å². The summed E-state index contributed by atoms with van der Waals surface area (Å²) in [5.74, 6) is -0.123. The maximum atomic E-state index is 12.7. The molecule has 3 amide bonds. The molecule has 22 heavy (non-hydrogen) atoms. The third-order valence-corrected chi connectivity index (χ3v) is 4.19. The topological polar surface area (TPSA) is 47.1 Å². The lowest BCUT2D eigenvalue weighted by molar-refractivity contribution is -0.128. The Labute approximate surface area is 134 Å². The first kappa shape index (κ1) is 18.6. The van der Waals surface area contributed by atoms with Crippen molar-refractivity contribution in [2.24, 2.45) is 0 Å². The summed E-state index contributed by atoms with van der Waals surface area (Å²) in [4.78, 5) is 32.5. The Hall–Kier alpha value is -1.40. The van der Waals surface area contributed by atoms with Crippen molar-refractivity contribution in [3.63, 3.8) is 0 Å². The van der Waals surface area contributed by atoms with Crippen LogP contribution >= 0.6 is 0 Å². The molecule has 0 spiro atoms. The van der Waals surface area contributed by atoms with Gasteiger partial charge in [-0.15, -0.1) is 0 Å². The van der Waals surface area contributed by atoms with E-state index in [1.807, 2.05) is 32.9 Å². The largest absolute Gasteiger partial charge is 0.329 e. The van der Waals surface area contributed by atoms with Crippen LogP contribution in [0.25, 0.3) is 0 Å².